The number of esters is 2. The molecule has 10 nitrogen and oxygen atoms in total. The summed E-state index contributed by atoms with van der Waals surface area (Å²) in [4.78, 5) is 42.8. The van der Waals surface area contributed by atoms with Crippen LogP contribution in [0, 0.1) is 0 Å². The Morgan fingerprint density at radius 2 is 1.83 bits per heavy atom. The lowest BCUT2D eigenvalue weighted by atomic mass is 9.97. The SMILES string of the molecule is NC(N)=Nc1ccc(C(=O)Oc2ccc3c(c2)C(CC(=O)OCC(=O)O)C=N3)cc1. The maximum Gasteiger partial charge on any atom is 0.343 e. The minimum absolute atomic E-state index is 0.0760. The summed E-state index contributed by atoms with van der Waals surface area (Å²) in [6.07, 6.45) is 1.49. The molecular formula is C20H18N4O6. The number of hydrogen-bond donors (Lipinski definition) is 3. The zero-order valence-corrected chi connectivity index (χ0v) is 15.6. The highest BCUT2D eigenvalue weighted by molar-refractivity contribution is 5.92. The van der Waals surface area contributed by atoms with E-state index in [0.717, 1.165) is 0 Å². The first-order valence-corrected chi connectivity index (χ1v) is 8.79. The molecule has 154 valence electrons. The summed E-state index contributed by atoms with van der Waals surface area (Å²) in [5.41, 5.74) is 12.7. The number of rotatable bonds is 7. The molecule has 0 saturated heterocycles. The van der Waals surface area contributed by atoms with Gasteiger partial charge in [-0.05, 0) is 48.0 Å². The molecule has 5 N–H and O–H groups in total. The van der Waals surface area contributed by atoms with Gasteiger partial charge in [0.1, 0.15) is 5.75 Å². The number of hydrogen-bond acceptors (Lipinski definition) is 7. The molecule has 0 radical (unpaired) electrons. The molecule has 0 fully saturated rings. The largest absolute Gasteiger partial charge is 0.479 e. The Labute approximate surface area is 170 Å². The number of nitrogens with zero attached hydrogens (tertiary/aromatic N) is 2. The number of carbonyl (C=O) groups is 3. The molecular weight excluding hydrogens is 392 g/mol. The highest BCUT2D eigenvalue weighted by Crippen LogP contribution is 2.37. The average Bonchev–Trinajstić information content (AvgIpc) is 3.08. The van der Waals surface area contributed by atoms with Crippen molar-refractivity contribution in [1.29, 1.82) is 0 Å². The van der Waals surface area contributed by atoms with Crippen LogP contribution >= 0.6 is 0 Å². The Hall–Kier alpha value is -4.21. The van der Waals surface area contributed by atoms with Crippen molar-refractivity contribution in [3.05, 3.63) is 53.6 Å². The van der Waals surface area contributed by atoms with E-state index in [9.17, 15) is 14.4 Å². The zero-order valence-electron chi connectivity index (χ0n) is 15.6. The van der Waals surface area contributed by atoms with Crippen LogP contribution in [0.15, 0.2) is 52.4 Å². The monoisotopic (exact) mass is 410 g/mol. The van der Waals surface area contributed by atoms with E-state index >= 15 is 0 Å². The van der Waals surface area contributed by atoms with Crippen LogP contribution in [0.5, 0.6) is 5.75 Å². The molecule has 0 aromatic heterocycles. The Kier molecular flexibility index (Phi) is 6.06. The number of nitrogens with two attached hydrogens (primary N) is 2. The summed E-state index contributed by atoms with van der Waals surface area (Å²) in [5.74, 6) is -2.69. The Bertz CT molecular complexity index is 1040. The number of carboxylic acids is 1. The molecule has 0 bridgehead atoms. The van der Waals surface area contributed by atoms with E-state index in [4.69, 9.17) is 21.3 Å². The van der Waals surface area contributed by atoms with Crippen LogP contribution < -0.4 is 16.2 Å². The van der Waals surface area contributed by atoms with E-state index in [2.05, 4.69) is 14.7 Å². The van der Waals surface area contributed by atoms with Crippen LogP contribution in [-0.4, -0.2) is 41.8 Å². The number of aliphatic imine (C=N–C) groups is 2. The molecule has 1 atom stereocenters. The standard InChI is InChI=1S/C20H18N4O6/c21-20(22)24-13-3-1-11(2-4-13)19(28)30-14-5-6-16-15(8-14)12(9-23-16)7-18(27)29-10-17(25)26/h1-6,8-9,12H,7,10H2,(H,25,26)(H4,21,22,24). The van der Waals surface area contributed by atoms with Crippen LogP contribution in [0.2, 0.25) is 0 Å². The fourth-order valence-corrected chi connectivity index (χ4v) is 2.79. The van der Waals surface area contributed by atoms with E-state index in [-0.39, 0.29) is 18.1 Å². The van der Waals surface area contributed by atoms with Crippen LogP contribution in [0.25, 0.3) is 0 Å². The van der Waals surface area contributed by atoms with E-state index < -0.39 is 30.4 Å². The molecule has 0 aliphatic carbocycles. The van der Waals surface area contributed by atoms with Gasteiger partial charge in [0, 0.05) is 12.1 Å². The predicted molar refractivity (Wildman–Crippen MR) is 107 cm³/mol. The predicted octanol–water partition coefficient (Wildman–Crippen LogP) is 1.63. The maximum absolute atomic E-state index is 12.4. The van der Waals surface area contributed by atoms with Gasteiger partial charge < -0.3 is 26.0 Å². The third kappa shape index (κ3) is 5.19. The quantitative estimate of drug-likeness (QED) is 0.268. The van der Waals surface area contributed by atoms with Crippen LogP contribution in [0.3, 0.4) is 0 Å². The fourth-order valence-electron chi connectivity index (χ4n) is 2.79. The minimum Gasteiger partial charge on any atom is -0.479 e. The second-order valence-electron chi connectivity index (χ2n) is 6.34. The number of aliphatic carboxylic acids is 1. The van der Waals surface area contributed by atoms with Crippen molar-refractivity contribution >= 4 is 41.5 Å². The maximum atomic E-state index is 12.4. The number of carboxylic acid groups (broad SMARTS) is 1. The summed E-state index contributed by atoms with van der Waals surface area (Å²) in [5, 5.41) is 8.58. The number of ether oxygens (including phenoxy) is 2. The summed E-state index contributed by atoms with van der Waals surface area (Å²) >= 11 is 0. The van der Waals surface area contributed by atoms with Crippen molar-refractivity contribution in [3.63, 3.8) is 0 Å². The van der Waals surface area contributed by atoms with Gasteiger partial charge >= 0.3 is 17.9 Å². The average molecular weight is 410 g/mol. The second kappa shape index (κ2) is 8.86. The molecule has 1 heterocycles. The van der Waals surface area contributed by atoms with Gasteiger partial charge in [0.2, 0.25) is 0 Å². The molecule has 0 amide bonds. The van der Waals surface area contributed by atoms with Gasteiger partial charge in [-0.3, -0.25) is 9.79 Å². The van der Waals surface area contributed by atoms with Gasteiger partial charge in [-0.1, -0.05) is 0 Å². The topological polar surface area (TPSA) is 167 Å². The molecule has 10 heteroatoms. The molecule has 3 rings (SSSR count). The summed E-state index contributed by atoms with van der Waals surface area (Å²) < 4.78 is 10.1. The lowest BCUT2D eigenvalue weighted by Crippen LogP contribution is -2.21. The van der Waals surface area contributed by atoms with E-state index in [0.29, 0.717) is 22.5 Å². The van der Waals surface area contributed by atoms with E-state index in [1.165, 1.54) is 12.1 Å². The lowest BCUT2D eigenvalue weighted by Gasteiger charge is -2.11. The molecule has 2 aromatic carbocycles. The van der Waals surface area contributed by atoms with Crippen molar-refractivity contribution in [2.75, 3.05) is 6.61 Å². The number of guanidine groups is 1. The van der Waals surface area contributed by atoms with Crippen molar-refractivity contribution in [2.24, 2.45) is 21.5 Å². The van der Waals surface area contributed by atoms with Crippen molar-refractivity contribution in [1.82, 2.24) is 0 Å². The van der Waals surface area contributed by atoms with E-state index in [1.54, 1.807) is 36.5 Å². The molecule has 1 aliphatic heterocycles. The third-order valence-electron chi connectivity index (χ3n) is 4.11. The fraction of sp³-hybridized carbons (Fsp3) is 0.150. The summed E-state index contributed by atoms with van der Waals surface area (Å²) in [7, 11) is 0. The van der Waals surface area contributed by atoms with Gasteiger partial charge in [0.15, 0.2) is 12.6 Å². The van der Waals surface area contributed by atoms with Gasteiger partial charge in [-0.15, -0.1) is 0 Å². The van der Waals surface area contributed by atoms with Gasteiger partial charge in [-0.2, -0.15) is 0 Å². The summed E-state index contributed by atoms with van der Waals surface area (Å²) in [6, 6.07) is 11.1. The van der Waals surface area contributed by atoms with Gasteiger partial charge in [0.25, 0.3) is 0 Å². The lowest BCUT2D eigenvalue weighted by molar-refractivity contribution is -0.155. The normalized spacial score (nSPS) is 13.9. The third-order valence-corrected chi connectivity index (χ3v) is 4.11. The van der Waals surface area contributed by atoms with Crippen molar-refractivity contribution < 1.29 is 29.0 Å². The zero-order chi connectivity index (χ0) is 21.7. The number of fused-ring (bicyclic) bond motifs is 1. The first kappa shape index (κ1) is 20.5. The first-order chi connectivity index (χ1) is 14.3. The van der Waals surface area contributed by atoms with Gasteiger partial charge in [0.05, 0.1) is 23.4 Å². The number of carbonyl (C=O) groups excluding carboxylic acids is 2. The highest BCUT2D eigenvalue weighted by atomic mass is 16.5. The van der Waals surface area contributed by atoms with Crippen LogP contribution in [0.4, 0.5) is 11.4 Å². The molecule has 0 saturated carbocycles. The number of benzene rings is 2. The highest BCUT2D eigenvalue weighted by Gasteiger charge is 2.24. The Morgan fingerprint density at radius 1 is 1.10 bits per heavy atom. The van der Waals surface area contributed by atoms with Crippen molar-refractivity contribution in [3.8, 4) is 5.75 Å². The van der Waals surface area contributed by atoms with Gasteiger partial charge in [-0.25, -0.2) is 14.6 Å². The second-order valence-corrected chi connectivity index (χ2v) is 6.34. The van der Waals surface area contributed by atoms with E-state index in [1.807, 2.05) is 0 Å². The van der Waals surface area contributed by atoms with Crippen LogP contribution in [-0.2, 0) is 14.3 Å². The molecule has 0 spiro atoms. The molecule has 1 unspecified atom stereocenters. The Morgan fingerprint density at radius 3 is 2.50 bits per heavy atom. The molecule has 30 heavy (non-hydrogen) atoms. The minimum atomic E-state index is -1.23. The Balaban J connectivity index is 1.67. The summed E-state index contributed by atoms with van der Waals surface area (Å²) in [6.45, 7) is -0.699. The van der Waals surface area contributed by atoms with Crippen molar-refractivity contribution in [2.45, 2.75) is 12.3 Å². The molecule has 2 aromatic rings. The van der Waals surface area contributed by atoms with Crippen LogP contribution in [0.1, 0.15) is 28.3 Å². The first-order valence-electron chi connectivity index (χ1n) is 8.79. The smallest absolute Gasteiger partial charge is 0.343 e. The molecule has 1 aliphatic rings.